The number of nitrogens with zero attached hydrogens (tertiary/aromatic N) is 3. The molecule has 4 heterocycles. The summed E-state index contributed by atoms with van der Waals surface area (Å²) >= 11 is 1.40. The van der Waals surface area contributed by atoms with Gasteiger partial charge in [0.2, 0.25) is 0 Å². The molecule has 0 aliphatic carbocycles. The van der Waals surface area contributed by atoms with Crippen LogP contribution in [0.5, 0.6) is 5.75 Å². The van der Waals surface area contributed by atoms with Crippen molar-refractivity contribution in [2.24, 2.45) is 0 Å². The van der Waals surface area contributed by atoms with Crippen LogP contribution in [-0.4, -0.2) is 46.5 Å². The Morgan fingerprint density at radius 1 is 1.24 bits per heavy atom. The van der Waals surface area contributed by atoms with E-state index in [1.54, 1.807) is 18.2 Å². The summed E-state index contributed by atoms with van der Waals surface area (Å²) in [6, 6.07) is 9.46. The average molecular weight is 465 g/mol. The molecule has 1 atom stereocenters. The second-order valence-electron chi connectivity index (χ2n) is 8.11. The number of hydrogen-bond donors (Lipinski definition) is 1. The molecule has 170 valence electrons. The van der Waals surface area contributed by atoms with Gasteiger partial charge in [-0.25, -0.2) is 4.98 Å². The number of rotatable bonds is 5. The van der Waals surface area contributed by atoms with Crippen LogP contribution >= 0.6 is 11.3 Å². The smallest absolute Gasteiger partial charge is 0.259 e. The highest BCUT2D eigenvalue weighted by Gasteiger charge is 2.33. The fraction of sp³-hybridized carbons (Fsp3) is 0.333. The number of carbonyl (C=O) groups is 2. The van der Waals surface area contributed by atoms with Crippen LogP contribution in [-0.2, 0) is 22.6 Å². The van der Waals surface area contributed by atoms with E-state index >= 15 is 0 Å². The van der Waals surface area contributed by atoms with Crippen molar-refractivity contribution in [1.82, 2.24) is 14.9 Å². The number of carbonyl (C=O) groups excluding carboxylic acids is 2. The van der Waals surface area contributed by atoms with E-state index in [0.29, 0.717) is 36.1 Å². The van der Waals surface area contributed by atoms with Crippen molar-refractivity contribution in [3.8, 4) is 16.9 Å². The number of nitrogens with one attached hydrogen (secondary N) is 1. The number of thiazole rings is 1. The van der Waals surface area contributed by atoms with Crippen LogP contribution in [0.1, 0.15) is 39.5 Å². The SMILES string of the molecule is COc1ccccc1-c1cc(C)ncc1C(=O)Nc1nc2c(s1)CN(C(=O)C1CCCO1)C2. The van der Waals surface area contributed by atoms with Crippen LogP contribution < -0.4 is 10.1 Å². The molecular formula is C24H24N4O4S. The minimum absolute atomic E-state index is 0.0236. The zero-order valence-electron chi connectivity index (χ0n) is 18.5. The van der Waals surface area contributed by atoms with Gasteiger partial charge in [-0.15, -0.1) is 0 Å². The Balaban J connectivity index is 1.34. The Hall–Kier alpha value is -3.30. The standard InChI is InChI=1S/C24H24N4O4S/c1-14-10-16(15-6-3-4-7-19(15)31-2)17(11-25-14)22(29)27-24-26-18-12-28(13-21(18)33-24)23(30)20-8-5-9-32-20/h3-4,6-7,10-11,20H,5,8-9,12-13H2,1-2H3,(H,26,27,29). The molecule has 0 spiro atoms. The predicted octanol–water partition coefficient (Wildman–Crippen LogP) is 3.80. The fourth-order valence-electron chi connectivity index (χ4n) is 4.22. The molecule has 0 saturated carbocycles. The lowest BCUT2D eigenvalue weighted by atomic mass is 9.99. The maximum absolute atomic E-state index is 13.2. The summed E-state index contributed by atoms with van der Waals surface area (Å²) in [7, 11) is 1.61. The second-order valence-corrected chi connectivity index (χ2v) is 9.19. The van der Waals surface area contributed by atoms with Gasteiger partial charge in [-0.3, -0.25) is 19.9 Å². The number of aryl methyl sites for hydroxylation is 1. The Labute approximate surface area is 195 Å². The molecule has 2 aromatic heterocycles. The van der Waals surface area contributed by atoms with E-state index in [9.17, 15) is 9.59 Å². The zero-order valence-corrected chi connectivity index (χ0v) is 19.3. The summed E-state index contributed by atoms with van der Waals surface area (Å²) in [5.41, 5.74) is 3.64. The van der Waals surface area contributed by atoms with Gasteiger partial charge in [0.15, 0.2) is 5.13 Å². The highest BCUT2D eigenvalue weighted by Crippen LogP contribution is 2.35. The molecule has 0 bridgehead atoms. The quantitative estimate of drug-likeness (QED) is 0.617. The molecule has 8 nitrogen and oxygen atoms in total. The molecular weight excluding hydrogens is 440 g/mol. The van der Waals surface area contributed by atoms with Gasteiger partial charge < -0.3 is 14.4 Å². The van der Waals surface area contributed by atoms with Crippen molar-refractivity contribution in [3.05, 3.63) is 58.4 Å². The number of ether oxygens (including phenoxy) is 2. The normalized spacial score (nSPS) is 17.2. The number of amides is 2. The largest absolute Gasteiger partial charge is 0.496 e. The first kappa shape index (κ1) is 21.5. The number of fused-ring (bicyclic) bond motifs is 1. The van der Waals surface area contributed by atoms with Crippen LogP contribution in [0.4, 0.5) is 5.13 Å². The van der Waals surface area contributed by atoms with E-state index in [-0.39, 0.29) is 17.9 Å². The first-order valence-corrected chi connectivity index (χ1v) is 11.7. The lowest BCUT2D eigenvalue weighted by molar-refractivity contribution is -0.141. The van der Waals surface area contributed by atoms with Crippen LogP contribution in [0.25, 0.3) is 11.1 Å². The Morgan fingerprint density at radius 2 is 2.09 bits per heavy atom. The van der Waals surface area contributed by atoms with E-state index in [1.807, 2.05) is 37.3 Å². The van der Waals surface area contributed by atoms with Gasteiger partial charge >= 0.3 is 0 Å². The van der Waals surface area contributed by atoms with Crippen molar-refractivity contribution in [2.75, 3.05) is 19.0 Å². The average Bonchev–Trinajstić information content (AvgIpc) is 3.55. The van der Waals surface area contributed by atoms with Gasteiger partial charge in [-0.05, 0) is 31.9 Å². The maximum atomic E-state index is 13.2. The third-order valence-electron chi connectivity index (χ3n) is 5.87. The lowest BCUT2D eigenvalue weighted by Crippen LogP contribution is -2.35. The van der Waals surface area contributed by atoms with E-state index in [2.05, 4.69) is 15.3 Å². The molecule has 9 heteroatoms. The van der Waals surface area contributed by atoms with Crippen LogP contribution in [0, 0.1) is 6.92 Å². The Bertz CT molecular complexity index is 1200. The van der Waals surface area contributed by atoms with Gasteiger partial charge in [0.1, 0.15) is 11.9 Å². The van der Waals surface area contributed by atoms with Gasteiger partial charge in [0, 0.05) is 29.6 Å². The second kappa shape index (κ2) is 8.92. The number of para-hydroxylation sites is 1. The van der Waals surface area contributed by atoms with Crippen molar-refractivity contribution < 1.29 is 19.1 Å². The third kappa shape index (κ3) is 4.21. The molecule has 2 amide bonds. The first-order valence-electron chi connectivity index (χ1n) is 10.8. The maximum Gasteiger partial charge on any atom is 0.259 e. The van der Waals surface area contributed by atoms with Crippen LogP contribution in [0.3, 0.4) is 0 Å². The molecule has 2 aliphatic rings. The van der Waals surface area contributed by atoms with Crippen molar-refractivity contribution in [3.63, 3.8) is 0 Å². The molecule has 1 aromatic carbocycles. The van der Waals surface area contributed by atoms with Crippen molar-refractivity contribution in [1.29, 1.82) is 0 Å². The number of aromatic nitrogens is 2. The minimum atomic E-state index is -0.333. The summed E-state index contributed by atoms with van der Waals surface area (Å²) in [4.78, 5) is 37.5. The van der Waals surface area contributed by atoms with E-state index in [0.717, 1.165) is 40.2 Å². The van der Waals surface area contributed by atoms with E-state index in [1.165, 1.54) is 11.3 Å². The molecule has 5 rings (SSSR count). The fourth-order valence-corrected chi connectivity index (χ4v) is 5.20. The molecule has 1 N–H and O–H groups in total. The van der Waals surface area contributed by atoms with E-state index in [4.69, 9.17) is 9.47 Å². The Morgan fingerprint density at radius 3 is 2.85 bits per heavy atom. The monoisotopic (exact) mass is 464 g/mol. The molecule has 33 heavy (non-hydrogen) atoms. The highest BCUT2D eigenvalue weighted by molar-refractivity contribution is 7.16. The lowest BCUT2D eigenvalue weighted by Gasteiger charge is -2.19. The third-order valence-corrected chi connectivity index (χ3v) is 6.87. The summed E-state index contributed by atoms with van der Waals surface area (Å²) in [6.45, 7) is 3.47. The topological polar surface area (TPSA) is 93.6 Å². The first-order chi connectivity index (χ1) is 16.0. The van der Waals surface area contributed by atoms with E-state index < -0.39 is 0 Å². The van der Waals surface area contributed by atoms with Crippen molar-refractivity contribution in [2.45, 2.75) is 39.0 Å². The predicted molar refractivity (Wildman–Crippen MR) is 124 cm³/mol. The Kier molecular flexibility index (Phi) is 5.82. The number of benzene rings is 1. The molecule has 0 radical (unpaired) electrons. The van der Waals surface area contributed by atoms with Crippen LogP contribution in [0.2, 0.25) is 0 Å². The van der Waals surface area contributed by atoms with Gasteiger partial charge in [0.25, 0.3) is 11.8 Å². The van der Waals surface area contributed by atoms with Gasteiger partial charge in [-0.1, -0.05) is 29.5 Å². The molecule has 1 saturated heterocycles. The minimum Gasteiger partial charge on any atom is -0.496 e. The number of anilines is 1. The molecule has 2 aliphatic heterocycles. The number of methoxy groups -OCH3 is 1. The highest BCUT2D eigenvalue weighted by atomic mass is 32.1. The molecule has 1 fully saturated rings. The van der Waals surface area contributed by atoms with Crippen molar-refractivity contribution >= 4 is 28.3 Å². The summed E-state index contributed by atoms with van der Waals surface area (Å²) in [5.74, 6) is 0.417. The summed E-state index contributed by atoms with van der Waals surface area (Å²) in [6.07, 6.45) is 2.94. The number of pyridine rings is 1. The zero-order chi connectivity index (χ0) is 22.9. The molecule has 1 unspecified atom stereocenters. The number of hydrogen-bond acceptors (Lipinski definition) is 7. The van der Waals surface area contributed by atoms with Gasteiger partial charge in [-0.2, -0.15) is 0 Å². The summed E-state index contributed by atoms with van der Waals surface area (Å²) < 4.78 is 11.0. The summed E-state index contributed by atoms with van der Waals surface area (Å²) in [5, 5.41) is 3.43. The van der Waals surface area contributed by atoms with Crippen LogP contribution in [0.15, 0.2) is 36.5 Å². The van der Waals surface area contributed by atoms with Gasteiger partial charge in [0.05, 0.1) is 36.3 Å². The molecule has 3 aromatic rings.